The molecule has 1 N–H and O–H groups in total. The van der Waals surface area contributed by atoms with Gasteiger partial charge in [0.1, 0.15) is 6.61 Å². The summed E-state index contributed by atoms with van der Waals surface area (Å²) in [4.78, 5) is 15.0. The highest BCUT2D eigenvalue weighted by atomic mass is 35.5. The lowest BCUT2D eigenvalue weighted by molar-refractivity contribution is 0.0694. The zero-order valence-electron chi connectivity index (χ0n) is 9.34. The van der Waals surface area contributed by atoms with Gasteiger partial charge in [0.25, 0.3) is 0 Å². The third-order valence-corrected chi connectivity index (χ3v) is 2.71. The summed E-state index contributed by atoms with van der Waals surface area (Å²) in [6.07, 6.45) is 1.60. The number of halogens is 1. The maximum Gasteiger partial charge on any atom is 0.336 e. The van der Waals surface area contributed by atoms with Crippen LogP contribution in [0.5, 0.6) is 5.88 Å². The van der Waals surface area contributed by atoms with Gasteiger partial charge in [-0.15, -0.1) is 0 Å². The molecule has 2 rings (SSSR count). The molecule has 0 unspecified atom stereocenters. The van der Waals surface area contributed by atoms with Gasteiger partial charge in [0.15, 0.2) is 0 Å². The molecule has 5 heteroatoms. The standard InChI is InChI=1S/C13H10ClNO3/c14-11-5-3-4-9(13(16)17)10(11)8-18-12-6-1-2-7-15-12/h1-7H,8H2,(H,16,17). The third kappa shape index (κ3) is 2.78. The predicted molar refractivity (Wildman–Crippen MR) is 67.0 cm³/mol. The Labute approximate surface area is 109 Å². The van der Waals surface area contributed by atoms with E-state index in [9.17, 15) is 4.79 Å². The molecule has 18 heavy (non-hydrogen) atoms. The fraction of sp³-hybridized carbons (Fsp3) is 0.0769. The number of ether oxygens (including phenoxy) is 1. The molecule has 1 aromatic carbocycles. The second kappa shape index (κ2) is 5.51. The molecular weight excluding hydrogens is 254 g/mol. The van der Waals surface area contributed by atoms with Crippen LogP contribution in [-0.2, 0) is 6.61 Å². The lowest BCUT2D eigenvalue weighted by Crippen LogP contribution is -2.06. The number of carboxylic acids is 1. The molecule has 0 aliphatic rings. The average Bonchev–Trinajstić information content (AvgIpc) is 2.38. The van der Waals surface area contributed by atoms with Crippen LogP contribution >= 0.6 is 11.6 Å². The van der Waals surface area contributed by atoms with Crippen molar-refractivity contribution in [3.63, 3.8) is 0 Å². The number of carbonyl (C=O) groups is 1. The second-order valence-corrected chi connectivity index (χ2v) is 3.93. The summed E-state index contributed by atoms with van der Waals surface area (Å²) in [7, 11) is 0. The number of rotatable bonds is 4. The van der Waals surface area contributed by atoms with Crippen molar-refractivity contribution < 1.29 is 14.6 Å². The van der Waals surface area contributed by atoms with E-state index in [-0.39, 0.29) is 12.2 Å². The molecule has 0 fully saturated rings. The molecule has 0 aliphatic heterocycles. The number of hydrogen-bond acceptors (Lipinski definition) is 3. The van der Waals surface area contributed by atoms with Crippen molar-refractivity contribution in [2.75, 3.05) is 0 Å². The van der Waals surface area contributed by atoms with Gasteiger partial charge in [0, 0.05) is 22.8 Å². The zero-order valence-corrected chi connectivity index (χ0v) is 10.1. The van der Waals surface area contributed by atoms with Gasteiger partial charge in [-0.25, -0.2) is 9.78 Å². The van der Waals surface area contributed by atoms with E-state index in [0.29, 0.717) is 16.5 Å². The summed E-state index contributed by atoms with van der Waals surface area (Å²) in [5.41, 5.74) is 0.579. The van der Waals surface area contributed by atoms with E-state index in [1.54, 1.807) is 36.5 Å². The number of carboxylic acid groups (broad SMARTS) is 1. The zero-order chi connectivity index (χ0) is 13.0. The largest absolute Gasteiger partial charge is 0.478 e. The summed E-state index contributed by atoms with van der Waals surface area (Å²) in [5, 5.41) is 9.42. The first kappa shape index (κ1) is 12.4. The number of nitrogens with zero attached hydrogens (tertiary/aromatic N) is 1. The van der Waals surface area contributed by atoms with Crippen molar-refractivity contribution in [1.29, 1.82) is 0 Å². The van der Waals surface area contributed by atoms with E-state index in [1.807, 2.05) is 0 Å². The van der Waals surface area contributed by atoms with Crippen molar-refractivity contribution in [1.82, 2.24) is 4.98 Å². The smallest absolute Gasteiger partial charge is 0.336 e. The number of pyridine rings is 1. The van der Waals surface area contributed by atoms with Gasteiger partial charge in [0.05, 0.1) is 5.56 Å². The number of hydrogen-bond donors (Lipinski definition) is 1. The number of aromatic nitrogens is 1. The molecule has 0 bridgehead atoms. The molecule has 1 heterocycles. The number of aromatic carboxylic acids is 1. The molecule has 0 aliphatic carbocycles. The normalized spacial score (nSPS) is 10.1. The van der Waals surface area contributed by atoms with Crippen LogP contribution in [0, 0.1) is 0 Å². The van der Waals surface area contributed by atoms with Crippen LogP contribution in [-0.4, -0.2) is 16.1 Å². The molecule has 0 radical (unpaired) electrons. The lowest BCUT2D eigenvalue weighted by atomic mass is 10.1. The molecule has 0 amide bonds. The van der Waals surface area contributed by atoms with Gasteiger partial charge in [0.2, 0.25) is 5.88 Å². The molecular formula is C13H10ClNO3. The molecule has 0 spiro atoms. The molecule has 92 valence electrons. The predicted octanol–water partition coefficient (Wildman–Crippen LogP) is 3.01. The highest BCUT2D eigenvalue weighted by Gasteiger charge is 2.13. The van der Waals surface area contributed by atoms with Crippen molar-refractivity contribution in [2.45, 2.75) is 6.61 Å². The fourth-order valence-corrected chi connectivity index (χ4v) is 1.71. The van der Waals surface area contributed by atoms with Crippen LogP contribution in [0.15, 0.2) is 42.6 Å². The van der Waals surface area contributed by atoms with Crippen LogP contribution in [0.1, 0.15) is 15.9 Å². The summed E-state index contributed by atoms with van der Waals surface area (Å²) >= 11 is 5.98. The van der Waals surface area contributed by atoms with Crippen LogP contribution in [0.25, 0.3) is 0 Å². The molecule has 2 aromatic rings. The Hall–Kier alpha value is -2.07. The minimum absolute atomic E-state index is 0.0678. The van der Waals surface area contributed by atoms with Gasteiger partial charge in [-0.05, 0) is 18.2 Å². The summed E-state index contributed by atoms with van der Waals surface area (Å²) in [6.45, 7) is 0.0678. The topological polar surface area (TPSA) is 59.4 Å². The average molecular weight is 264 g/mol. The van der Waals surface area contributed by atoms with Crippen molar-refractivity contribution >= 4 is 17.6 Å². The maximum absolute atomic E-state index is 11.1. The van der Waals surface area contributed by atoms with Gasteiger partial charge < -0.3 is 9.84 Å². The first-order chi connectivity index (χ1) is 8.68. The molecule has 0 atom stereocenters. The molecule has 1 aromatic heterocycles. The third-order valence-electron chi connectivity index (χ3n) is 2.35. The van der Waals surface area contributed by atoms with Crippen molar-refractivity contribution in [3.05, 3.63) is 58.7 Å². The summed E-state index contributed by atoms with van der Waals surface area (Å²) in [6, 6.07) is 9.96. The maximum atomic E-state index is 11.1. The van der Waals surface area contributed by atoms with E-state index in [0.717, 1.165) is 0 Å². The second-order valence-electron chi connectivity index (χ2n) is 3.53. The Balaban J connectivity index is 2.21. The van der Waals surface area contributed by atoms with Gasteiger partial charge in [-0.2, -0.15) is 0 Å². The van der Waals surface area contributed by atoms with Crippen LogP contribution < -0.4 is 4.74 Å². The van der Waals surface area contributed by atoms with E-state index < -0.39 is 5.97 Å². The van der Waals surface area contributed by atoms with Gasteiger partial charge >= 0.3 is 5.97 Å². The van der Waals surface area contributed by atoms with Gasteiger partial charge in [-0.3, -0.25) is 0 Å². The Morgan fingerprint density at radius 2 is 2.11 bits per heavy atom. The molecule has 4 nitrogen and oxygen atoms in total. The Kier molecular flexibility index (Phi) is 3.79. The highest BCUT2D eigenvalue weighted by molar-refractivity contribution is 6.31. The molecule has 0 saturated carbocycles. The monoisotopic (exact) mass is 263 g/mol. The Morgan fingerprint density at radius 3 is 2.78 bits per heavy atom. The first-order valence-electron chi connectivity index (χ1n) is 5.23. The van der Waals surface area contributed by atoms with Crippen molar-refractivity contribution in [3.8, 4) is 5.88 Å². The van der Waals surface area contributed by atoms with E-state index in [1.165, 1.54) is 6.07 Å². The fourth-order valence-electron chi connectivity index (χ4n) is 1.48. The van der Waals surface area contributed by atoms with Crippen LogP contribution in [0.4, 0.5) is 0 Å². The highest BCUT2D eigenvalue weighted by Crippen LogP contribution is 2.21. The first-order valence-corrected chi connectivity index (χ1v) is 5.61. The summed E-state index contributed by atoms with van der Waals surface area (Å²) in [5.74, 6) is -0.606. The minimum atomic E-state index is -1.03. The van der Waals surface area contributed by atoms with Gasteiger partial charge in [-0.1, -0.05) is 23.7 Å². The summed E-state index contributed by atoms with van der Waals surface area (Å²) < 4.78 is 5.40. The van der Waals surface area contributed by atoms with E-state index in [2.05, 4.69) is 4.98 Å². The molecule has 0 saturated heterocycles. The Morgan fingerprint density at radius 1 is 1.28 bits per heavy atom. The Bertz CT molecular complexity index is 557. The SMILES string of the molecule is O=C(O)c1cccc(Cl)c1COc1ccccn1. The van der Waals surface area contributed by atoms with Crippen LogP contribution in [0.2, 0.25) is 5.02 Å². The van der Waals surface area contributed by atoms with E-state index >= 15 is 0 Å². The number of benzene rings is 1. The van der Waals surface area contributed by atoms with Crippen molar-refractivity contribution in [2.24, 2.45) is 0 Å². The quantitative estimate of drug-likeness (QED) is 0.921. The lowest BCUT2D eigenvalue weighted by Gasteiger charge is -2.09. The van der Waals surface area contributed by atoms with Crippen LogP contribution in [0.3, 0.4) is 0 Å². The minimum Gasteiger partial charge on any atom is -0.478 e. The van der Waals surface area contributed by atoms with E-state index in [4.69, 9.17) is 21.4 Å².